The van der Waals surface area contributed by atoms with Gasteiger partial charge in [0.1, 0.15) is 17.0 Å². The molecule has 2 aromatic rings. The number of nitrogens with one attached hydrogen (secondary N) is 2. The number of carbonyl (C=O) groups is 2. The number of carbonyl (C=O) groups excluding carboxylic acids is 2. The van der Waals surface area contributed by atoms with E-state index in [0.717, 1.165) is 11.4 Å². The average Bonchev–Trinajstić information content (AvgIpc) is 3.04. The standard InChI is InChI=1S/C22H30N2O5/c1-7-16-18(20(25)28-8-2)17(24-19(16)21(26)29-22(3,4)5)13-23-14-10-9-11-15(12-14)27-6/h9-12,23-24H,7-8,13H2,1-6H3. The van der Waals surface area contributed by atoms with Gasteiger partial charge < -0.3 is 24.5 Å². The third-order valence-electron chi connectivity index (χ3n) is 4.16. The fraction of sp³-hybridized carbons (Fsp3) is 0.455. The average molecular weight is 402 g/mol. The molecule has 0 amide bonds. The van der Waals surface area contributed by atoms with Crippen LogP contribution in [-0.2, 0) is 22.4 Å². The van der Waals surface area contributed by atoms with Crippen LogP contribution in [0.3, 0.4) is 0 Å². The predicted molar refractivity (Wildman–Crippen MR) is 112 cm³/mol. The van der Waals surface area contributed by atoms with Crippen LogP contribution in [0, 0.1) is 0 Å². The minimum absolute atomic E-state index is 0.248. The molecule has 29 heavy (non-hydrogen) atoms. The zero-order chi connectivity index (χ0) is 21.6. The minimum atomic E-state index is -0.643. The zero-order valence-corrected chi connectivity index (χ0v) is 18.0. The van der Waals surface area contributed by atoms with Crippen molar-refractivity contribution in [2.75, 3.05) is 19.0 Å². The maximum atomic E-state index is 12.7. The van der Waals surface area contributed by atoms with Gasteiger partial charge in [-0.2, -0.15) is 0 Å². The first kappa shape index (κ1) is 22.3. The van der Waals surface area contributed by atoms with E-state index in [1.165, 1.54) is 0 Å². The number of benzene rings is 1. The van der Waals surface area contributed by atoms with E-state index in [1.54, 1.807) is 34.8 Å². The quantitative estimate of drug-likeness (QED) is 0.639. The summed E-state index contributed by atoms with van der Waals surface area (Å²) in [6, 6.07) is 7.46. The predicted octanol–water partition coefficient (Wildman–Crippen LogP) is 4.33. The Morgan fingerprint density at radius 3 is 2.45 bits per heavy atom. The summed E-state index contributed by atoms with van der Waals surface area (Å²) in [5, 5.41) is 3.25. The number of methoxy groups -OCH3 is 1. The minimum Gasteiger partial charge on any atom is -0.497 e. The highest BCUT2D eigenvalue weighted by atomic mass is 16.6. The molecule has 1 aromatic carbocycles. The lowest BCUT2D eigenvalue weighted by atomic mass is 10.1. The molecule has 0 radical (unpaired) electrons. The van der Waals surface area contributed by atoms with Crippen molar-refractivity contribution < 1.29 is 23.8 Å². The lowest BCUT2D eigenvalue weighted by Gasteiger charge is -2.19. The number of H-pyrrole nitrogens is 1. The molecule has 0 unspecified atom stereocenters. The summed E-state index contributed by atoms with van der Waals surface area (Å²) in [5.74, 6) is -0.235. The number of ether oxygens (including phenoxy) is 3. The van der Waals surface area contributed by atoms with Crippen LogP contribution in [0.4, 0.5) is 5.69 Å². The Morgan fingerprint density at radius 2 is 1.86 bits per heavy atom. The second kappa shape index (κ2) is 9.49. The largest absolute Gasteiger partial charge is 0.497 e. The van der Waals surface area contributed by atoms with Gasteiger partial charge in [-0.1, -0.05) is 13.0 Å². The highest BCUT2D eigenvalue weighted by Gasteiger charge is 2.29. The molecule has 0 saturated carbocycles. The molecule has 158 valence electrons. The fourth-order valence-electron chi connectivity index (χ4n) is 2.96. The molecule has 2 N–H and O–H groups in total. The molecule has 2 rings (SSSR count). The number of aromatic nitrogens is 1. The topological polar surface area (TPSA) is 89.7 Å². The van der Waals surface area contributed by atoms with Crippen LogP contribution < -0.4 is 10.1 Å². The molecule has 0 saturated heterocycles. The number of rotatable bonds is 8. The Hall–Kier alpha value is -2.96. The molecule has 0 bridgehead atoms. The third-order valence-corrected chi connectivity index (χ3v) is 4.16. The van der Waals surface area contributed by atoms with Crippen molar-refractivity contribution in [1.82, 2.24) is 4.98 Å². The van der Waals surface area contributed by atoms with Crippen molar-refractivity contribution in [2.45, 2.75) is 53.2 Å². The molecule has 1 aromatic heterocycles. The van der Waals surface area contributed by atoms with E-state index in [2.05, 4.69) is 10.3 Å². The smallest absolute Gasteiger partial charge is 0.355 e. The van der Waals surface area contributed by atoms with E-state index in [1.807, 2.05) is 31.2 Å². The van der Waals surface area contributed by atoms with Gasteiger partial charge in [-0.25, -0.2) is 9.59 Å². The van der Waals surface area contributed by atoms with Crippen molar-refractivity contribution in [3.63, 3.8) is 0 Å². The number of esters is 2. The highest BCUT2D eigenvalue weighted by molar-refractivity contribution is 5.99. The molecule has 0 atom stereocenters. The molecular weight excluding hydrogens is 372 g/mol. The first-order chi connectivity index (χ1) is 13.7. The fourth-order valence-corrected chi connectivity index (χ4v) is 2.96. The van der Waals surface area contributed by atoms with Crippen LogP contribution in [0.2, 0.25) is 0 Å². The zero-order valence-electron chi connectivity index (χ0n) is 18.0. The summed E-state index contributed by atoms with van der Waals surface area (Å²) >= 11 is 0. The Labute approximate surface area is 171 Å². The molecule has 7 nitrogen and oxygen atoms in total. The Bertz CT molecular complexity index is 865. The van der Waals surface area contributed by atoms with Crippen molar-refractivity contribution >= 4 is 17.6 Å². The monoisotopic (exact) mass is 402 g/mol. The normalized spacial score (nSPS) is 11.1. The van der Waals surface area contributed by atoms with E-state index in [-0.39, 0.29) is 12.3 Å². The number of anilines is 1. The molecule has 7 heteroatoms. The van der Waals surface area contributed by atoms with Gasteiger partial charge in [0, 0.05) is 17.4 Å². The lowest BCUT2D eigenvalue weighted by molar-refractivity contribution is 0.00622. The molecule has 0 aliphatic rings. The molecule has 1 heterocycles. The van der Waals surface area contributed by atoms with E-state index in [9.17, 15) is 9.59 Å². The summed E-state index contributed by atoms with van der Waals surface area (Å²) in [5.41, 5.74) is 2.02. The number of hydrogen-bond acceptors (Lipinski definition) is 6. The van der Waals surface area contributed by atoms with Crippen LogP contribution in [-0.4, -0.2) is 36.2 Å². The summed E-state index contributed by atoms with van der Waals surface area (Å²) in [4.78, 5) is 28.4. The molecule has 0 aliphatic carbocycles. The van der Waals surface area contributed by atoms with Crippen LogP contribution in [0.5, 0.6) is 5.75 Å². The van der Waals surface area contributed by atoms with Crippen molar-refractivity contribution in [1.29, 1.82) is 0 Å². The summed E-state index contributed by atoms with van der Waals surface area (Å²) < 4.78 is 16.0. The third kappa shape index (κ3) is 5.76. The van der Waals surface area contributed by atoms with Gasteiger partial charge in [-0.05, 0) is 51.8 Å². The van der Waals surface area contributed by atoms with Gasteiger partial charge in [0.15, 0.2) is 0 Å². The maximum absolute atomic E-state index is 12.7. The number of hydrogen-bond donors (Lipinski definition) is 2. The summed E-state index contributed by atoms with van der Waals surface area (Å²) in [6.07, 6.45) is 0.485. The first-order valence-corrected chi connectivity index (χ1v) is 9.72. The van der Waals surface area contributed by atoms with Gasteiger partial charge in [0.2, 0.25) is 0 Å². The van der Waals surface area contributed by atoms with Crippen LogP contribution in [0.25, 0.3) is 0 Å². The number of aromatic amines is 1. The van der Waals surface area contributed by atoms with Crippen molar-refractivity contribution in [2.24, 2.45) is 0 Å². The summed E-state index contributed by atoms with van der Waals surface area (Å²) in [7, 11) is 1.60. The molecular formula is C22H30N2O5. The van der Waals surface area contributed by atoms with Gasteiger partial charge >= 0.3 is 11.9 Å². The van der Waals surface area contributed by atoms with Crippen molar-refractivity contribution in [3.8, 4) is 5.75 Å². The van der Waals surface area contributed by atoms with E-state index in [4.69, 9.17) is 14.2 Å². The molecule has 0 fully saturated rings. The maximum Gasteiger partial charge on any atom is 0.355 e. The van der Waals surface area contributed by atoms with Gasteiger partial charge in [0.25, 0.3) is 0 Å². The van der Waals surface area contributed by atoms with Gasteiger partial charge in [-0.15, -0.1) is 0 Å². The highest BCUT2D eigenvalue weighted by Crippen LogP contribution is 2.25. The Kier molecular flexibility index (Phi) is 7.31. The molecule has 0 spiro atoms. The molecule has 0 aliphatic heterocycles. The Balaban J connectivity index is 2.40. The summed E-state index contributed by atoms with van der Waals surface area (Å²) in [6.45, 7) is 9.60. The Morgan fingerprint density at radius 1 is 1.14 bits per heavy atom. The second-order valence-corrected chi connectivity index (χ2v) is 7.49. The van der Waals surface area contributed by atoms with Crippen LogP contribution in [0.15, 0.2) is 24.3 Å². The SMILES string of the molecule is CCOC(=O)c1c(CNc2cccc(OC)c2)[nH]c(C(=O)OC(C)(C)C)c1CC. The van der Waals surface area contributed by atoms with Gasteiger partial charge in [0.05, 0.1) is 25.8 Å². The van der Waals surface area contributed by atoms with E-state index in [0.29, 0.717) is 29.8 Å². The van der Waals surface area contributed by atoms with Crippen molar-refractivity contribution in [3.05, 3.63) is 46.8 Å². The first-order valence-electron chi connectivity index (χ1n) is 9.72. The lowest BCUT2D eigenvalue weighted by Crippen LogP contribution is -2.24. The van der Waals surface area contributed by atoms with Gasteiger partial charge in [-0.3, -0.25) is 0 Å². The van der Waals surface area contributed by atoms with E-state index >= 15 is 0 Å². The van der Waals surface area contributed by atoms with Crippen LogP contribution in [0.1, 0.15) is 66.7 Å². The van der Waals surface area contributed by atoms with E-state index < -0.39 is 17.5 Å². The second-order valence-electron chi connectivity index (χ2n) is 7.49. The van der Waals surface area contributed by atoms with Crippen LogP contribution >= 0.6 is 0 Å².